The maximum absolute atomic E-state index is 12.3. The first kappa shape index (κ1) is 16.2. The number of rotatable bonds is 4. The SMILES string of the molecule is O=C(O)CC1CS(=O)(=O)CCN1C(=O)CC1CCCCO1. The van der Waals surface area contributed by atoms with Crippen molar-refractivity contribution in [3.63, 3.8) is 0 Å². The van der Waals surface area contributed by atoms with Crippen LogP contribution in [0.2, 0.25) is 0 Å². The molecule has 0 spiro atoms. The number of carbonyl (C=O) groups is 2. The Balaban J connectivity index is 2.00. The van der Waals surface area contributed by atoms with E-state index in [-0.39, 0.29) is 42.9 Å². The lowest BCUT2D eigenvalue weighted by atomic mass is 10.0. The van der Waals surface area contributed by atoms with Gasteiger partial charge in [0.15, 0.2) is 9.84 Å². The molecule has 0 saturated carbocycles. The second-order valence-electron chi connectivity index (χ2n) is 5.65. The first-order chi connectivity index (χ1) is 9.87. The van der Waals surface area contributed by atoms with Crippen molar-refractivity contribution in [1.82, 2.24) is 4.90 Å². The van der Waals surface area contributed by atoms with Gasteiger partial charge in [0.2, 0.25) is 5.91 Å². The smallest absolute Gasteiger partial charge is 0.305 e. The average Bonchev–Trinajstić information content (AvgIpc) is 2.38. The standard InChI is InChI=1S/C13H21NO6S/c15-12(8-11-3-1-2-5-20-11)14-4-6-21(18,19)9-10(14)7-13(16)17/h10-11H,1-9H2,(H,16,17). The van der Waals surface area contributed by atoms with Gasteiger partial charge in [-0.05, 0) is 19.3 Å². The van der Waals surface area contributed by atoms with Gasteiger partial charge in [0.05, 0.1) is 36.5 Å². The molecule has 0 aromatic heterocycles. The van der Waals surface area contributed by atoms with Gasteiger partial charge in [-0.15, -0.1) is 0 Å². The minimum atomic E-state index is -3.27. The molecule has 2 aliphatic rings. The number of ether oxygens (including phenoxy) is 1. The molecule has 2 aliphatic heterocycles. The van der Waals surface area contributed by atoms with Gasteiger partial charge in [-0.3, -0.25) is 9.59 Å². The molecular formula is C13H21NO6S. The molecule has 8 heteroatoms. The topological polar surface area (TPSA) is 101 Å². The Kier molecular flexibility index (Phi) is 5.21. The predicted octanol–water partition coefficient (Wildman–Crippen LogP) is 0.0459. The van der Waals surface area contributed by atoms with E-state index in [4.69, 9.17) is 9.84 Å². The highest BCUT2D eigenvalue weighted by Gasteiger charge is 2.36. The maximum Gasteiger partial charge on any atom is 0.305 e. The van der Waals surface area contributed by atoms with Gasteiger partial charge in [-0.1, -0.05) is 0 Å². The normalized spacial score (nSPS) is 29.0. The average molecular weight is 319 g/mol. The minimum Gasteiger partial charge on any atom is -0.481 e. The van der Waals surface area contributed by atoms with E-state index in [1.807, 2.05) is 0 Å². The quantitative estimate of drug-likeness (QED) is 0.785. The van der Waals surface area contributed by atoms with E-state index in [0.717, 1.165) is 19.3 Å². The first-order valence-corrected chi connectivity index (χ1v) is 9.03. The lowest BCUT2D eigenvalue weighted by Gasteiger charge is -2.36. The Morgan fingerprint density at radius 2 is 2.00 bits per heavy atom. The molecule has 0 aromatic carbocycles. The van der Waals surface area contributed by atoms with Crippen molar-refractivity contribution in [3.05, 3.63) is 0 Å². The predicted molar refractivity (Wildman–Crippen MR) is 74.6 cm³/mol. The molecule has 1 N–H and O–H groups in total. The fourth-order valence-corrected chi connectivity index (χ4v) is 4.39. The van der Waals surface area contributed by atoms with Crippen LogP contribution in [0.25, 0.3) is 0 Å². The van der Waals surface area contributed by atoms with Crippen molar-refractivity contribution in [3.8, 4) is 0 Å². The molecule has 0 aliphatic carbocycles. The Morgan fingerprint density at radius 3 is 2.62 bits per heavy atom. The number of carbonyl (C=O) groups excluding carboxylic acids is 1. The number of amides is 1. The van der Waals surface area contributed by atoms with Gasteiger partial charge >= 0.3 is 5.97 Å². The highest BCUT2D eigenvalue weighted by atomic mass is 32.2. The molecule has 2 saturated heterocycles. The van der Waals surface area contributed by atoms with E-state index < -0.39 is 21.8 Å². The molecule has 2 unspecified atom stereocenters. The third-order valence-electron chi connectivity index (χ3n) is 3.94. The summed E-state index contributed by atoms with van der Waals surface area (Å²) in [5.41, 5.74) is 0. The maximum atomic E-state index is 12.3. The van der Waals surface area contributed by atoms with Gasteiger partial charge in [-0.2, -0.15) is 0 Å². The van der Waals surface area contributed by atoms with Crippen molar-refractivity contribution in [2.75, 3.05) is 24.7 Å². The third kappa shape index (κ3) is 4.67. The van der Waals surface area contributed by atoms with Crippen LogP contribution < -0.4 is 0 Å². The van der Waals surface area contributed by atoms with Gasteiger partial charge in [0, 0.05) is 13.2 Å². The zero-order chi connectivity index (χ0) is 15.5. The lowest BCUT2D eigenvalue weighted by molar-refractivity contribution is -0.141. The fraction of sp³-hybridized carbons (Fsp3) is 0.846. The summed E-state index contributed by atoms with van der Waals surface area (Å²) in [7, 11) is -3.27. The molecule has 2 fully saturated rings. The zero-order valence-electron chi connectivity index (χ0n) is 11.9. The number of hydrogen-bond acceptors (Lipinski definition) is 5. The van der Waals surface area contributed by atoms with Crippen LogP contribution in [-0.2, 0) is 24.2 Å². The van der Waals surface area contributed by atoms with Crippen molar-refractivity contribution < 1.29 is 27.9 Å². The van der Waals surface area contributed by atoms with Crippen molar-refractivity contribution >= 4 is 21.7 Å². The van der Waals surface area contributed by atoms with E-state index in [9.17, 15) is 18.0 Å². The summed E-state index contributed by atoms with van der Waals surface area (Å²) < 4.78 is 28.8. The number of carboxylic acids is 1. The number of sulfone groups is 1. The molecule has 2 rings (SSSR count). The van der Waals surface area contributed by atoms with Crippen LogP contribution in [0, 0.1) is 0 Å². The van der Waals surface area contributed by atoms with E-state index in [0.29, 0.717) is 6.61 Å². The number of hydrogen-bond donors (Lipinski definition) is 1. The second-order valence-corrected chi connectivity index (χ2v) is 7.87. The Bertz CT molecular complexity index is 497. The summed E-state index contributed by atoms with van der Waals surface area (Å²) in [6.07, 6.45) is 2.57. The summed E-state index contributed by atoms with van der Waals surface area (Å²) >= 11 is 0. The number of carboxylic acid groups (broad SMARTS) is 1. The van der Waals surface area contributed by atoms with Gasteiger partial charge < -0.3 is 14.7 Å². The molecule has 0 radical (unpaired) electrons. The summed E-state index contributed by atoms with van der Waals surface area (Å²) in [6, 6.07) is -0.766. The molecule has 7 nitrogen and oxygen atoms in total. The second kappa shape index (κ2) is 6.74. The van der Waals surface area contributed by atoms with Gasteiger partial charge in [0.1, 0.15) is 0 Å². The van der Waals surface area contributed by atoms with E-state index in [2.05, 4.69) is 0 Å². The Hall–Kier alpha value is -1.15. The van der Waals surface area contributed by atoms with Crippen molar-refractivity contribution in [2.24, 2.45) is 0 Å². The Morgan fingerprint density at radius 1 is 1.24 bits per heavy atom. The summed E-state index contributed by atoms with van der Waals surface area (Å²) in [5, 5.41) is 8.90. The van der Waals surface area contributed by atoms with E-state index in [1.165, 1.54) is 4.90 Å². The summed E-state index contributed by atoms with van der Waals surface area (Å²) in [6.45, 7) is 0.719. The van der Waals surface area contributed by atoms with Crippen LogP contribution in [0.4, 0.5) is 0 Å². The van der Waals surface area contributed by atoms with Crippen LogP contribution >= 0.6 is 0 Å². The van der Waals surface area contributed by atoms with Crippen molar-refractivity contribution in [1.29, 1.82) is 0 Å². The highest BCUT2D eigenvalue weighted by Crippen LogP contribution is 2.20. The van der Waals surface area contributed by atoms with Crippen LogP contribution in [0.1, 0.15) is 32.1 Å². The Labute approximate surface area is 124 Å². The van der Waals surface area contributed by atoms with Crippen LogP contribution in [-0.4, -0.2) is 67.1 Å². The van der Waals surface area contributed by atoms with Gasteiger partial charge in [0.25, 0.3) is 0 Å². The lowest BCUT2D eigenvalue weighted by Crippen LogP contribution is -2.52. The summed E-state index contributed by atoms with van der Waals surface area (Å²) in [4.78, 5) is 24.6. The molecule has 21 heavy (non-hydrogen) atoms. The molecule has 2 heterocycles. The minimum absolute atomic E-state index is 0.0752. The largest absolute Gasteiger partial charge is 0.481 e. The van der Waals surface area contributed by atoms with E-state index in [1.54, 1.807) is 0 Å². The number of aliphatic carboxylic acids is 1. The summed E-state index contributed by atoms with van der Waals surface area (Å²) in [5.74, 6) is -1.66. The highest BCUT2D eigenvalue weighted by molar-refractivity contribution is 7.91. The third-order valence-corrected chi connectivity index (χ3v) is 5.63. The zero-order valence-corrected chi connectivity index (χ0v) is 12.7. The van der Waals surface area contributed by atoms with Crippen LogP contribution in [0.15, 0.2) is 0 Å². The molecule has 120 valence electrons. The first-order valence-electron chi connectivity index (χ1n) is 7.21. The monoisotopic (exact) mass is 319 g/mol. The molecule has 1 amide bonds. The van der Waals surface area contributed by atoms with Crippen LogP contribution in [0.5, 0.6) is 0 Å². The number of nitrogens with zero attached hydrogens (tertiary/aromatic N) is 1. The van der Waals surface area contributed by atoms with Crippen molar-refractivity contribution in [2.45, 2.75) is 44.2 Å². The molecule has 0 bridgehead atoms. The molecule has 0 aromatic rings. The van der Waals surface area contributed by atoms with Gasteiger partial charge in [-0.25, -0.2) is 8.42 Å². The fourth-order valence-electron chi connectivity index (χ4n) is 2.87. The molecular weight excluding hydrogens is 298 g/mol. The van der Waals surface area contributed by atoms with Crippen LogP contribution in [0.3, 0.4) is 0 Å². The van der Waals surface area contributed by atoms with E-state index >= 15 is 0 Å². The molecule has 2 atom stereocenters.